The predicted octanol–water partition coefficient (Wildman–Crippen LogP) is 7.26. The second kappa shape index (κ2) is 9.47. The highest BCUT2D eigenvalue weighted by atomic mass is 79.9. The minimum atomic E-state index is -0.0507. The van der Waals surface area contributed by atoms with Gasteiger partial charge in [-0.3, -0.25) is 4.79 Å². The molecule has 0 amide bonds. The number of hydrogen-bond acceptors (Lipinski definition) is 6. The normalized spacial score (nSPS) is 10.6. The van der Waals surface area contributed by atoms with Crippen LogP contribution in [-0.4, -0.2) is 17.2 Å². The number of nitrogens with one attached hydrogen (secondary N) is 1. The van der Waals surface area contributed by atoms with E-state index in [1.807, 2.05) is 66.7 Å². The lowest BCUT2D eigenvalue weighted by Gasteiger charge is -2.05. The largest absolute Gasteiger partial charge is 0.497 e. The number of ether oxygens (including phenoxy) is 1. The monoisotopic (exact) mass is 496 g/mol. The summed E-state index contributed by atoms with van der Waals surface area (Å²) >= 11 is 6.05. The Morgan fingerprint density at radius 3 is 2.37 bits per heavy atom. The lowest BCUT2D eigenvalue weighted by atomic mass is 10.2. The summed E-state index contributed by atoms with van der Waals surface area (Å²) in [5.74, 6) is 0.790. The van der Waals surface area contributed by atoms with Crippen molar-refractivity contribution in [3.63, 3.8) is 0 Å². The van der Waals surface area contributed by atoms with Gasteiger partial charge in [0.2, 0.25) is 5.12 Å². The molecule has 1 heterocycles. The summed E-state index contributed by atoms with van der Waals surface area (Å²) < 4.78 is 6.18. The second-order valence-corrected chi connectivity index (χ2v) is 9.15. The third-order valence-corrected chi connectivity index (χ3v) is 6.82. The van der Waals surface area contributed by atoms with Gasteiger partial charge in [-0.2, -0.15) is 0 Å². The molecule has 0 aliphatic heterocycles. The molecule has 0 radical (unpaired) electrons. The van der Waals surface area contributed by atoms with Crippen LogP contribution in [0, 0.1) is 0 Å². The van der Waals surface area contributed by atoms with Gasteiger partial charge >= 0.3 is 0 Å². The molecule has 4 aromatic rings. The maximum atomic E-state index is 12.8. The summed E-state index contributed by atoms with van der Waals surface area (Å²) in [5.41, 5.74) is 2.55. The second-order valence-electron chi connectivity index (χ2n) is 6.27. The van der Waals surface area contributed by atoms with E-state index in [9.17, 15) is 4.79 Å². The fourth-order valence-corrected chi connectivity index (χ4v) is 4.87. The zero-order chi connectivity index (χ0) is 20.9. The molecule has 0 unspecified atom stereocenters. The highest BCUT2D eigenvalue weighted by molar-refractivity contribution is 9.10. The van der Waals surface area contributed by atoms with Gasteiger partial charge in [-0.25, -0.2) is 4.98 Å². The molecule has 0 spiro atoms. The number of aromatic nitrogens is 1. The quantitative estimate of drug-likeness (QED) is 0.284. The smallest absolute Gasteiger partial charge is 0.225 e. The van der Waals surface area contributed by atoms with E-state index < -0.39 is 0 Å². The molecule has 0 atom stereocenters. The Kier molecular flexibility index (Phi) is 6.52. The van der Waals surface area contributed by atoms with E-state index in [1.54, 1.807) is 19.2 Å². The SMILES string of the molecule is COc1ccc(-c2nc(SC(=O)c3ccc(Br)cc3)c(Nc3ccccc3)s2)cc1. The van der Waals surface area contributed by atoms with Crippen LogP contribution in [0.4, 0.5) is 10.7 Å². The third kappa shape index (κ3) is 4.92. The molecule has 3 aromatic carbocycles. The van der Waals surface area contributed by atoms with E-state index in [-0.39, 0.29) is 5.12 Å². The van der Waals surface area contributed by atoms with E-state index in [4.69, 9.17) is 9.72 Å². The molecule has 30 heavy (non-hydrogen) atoms. The summed E-state index contributed by atoms with van der Waals surface area (Å²) in [6, 6.07) is 24.9. The van der Waals surface area contributed by atoms with Gasteiger partial charge in [0.1, 0.15) is 20.8 Å². The van der Waals surface area contributed by atoms with Gasteiger partial charge in [0.25, 0.3) is 0 Å². The lowest BCUT2D eigenvalue weighted by molar-refractivity contribution is 0.108. The van der Waals surface area contributed by atoms with Crippen LogP contribution in [0.3, 0.4) is 0 Å². The van der Waals surface area contributed by atoms with E-state index in [1.165, 1.54) is 11.3 Å². The van der Waals surface area contributed by atoms with Crippen molar-refractivity contribution in [1.29, 1.82) is 0 Å². The first-order valence-corrected chi connectivity index (χ1v) is 11.5. The highest BCUT2D eigenvalue weighted by Crippen LogP contribution is 2.40. The van der Waals surface area contributed by atoms with Crippen molar-refractivity contribution >= 4 is 54.8 Å². The number of nitrogens with zero attached hydrogens (tertiary/aromatic N) is 1. The van der Waals surface area contributed by atoms with E-state index in [0.29, 0.717) is 10.6 Å². The number of para-hydroxylation sites is 1. The van der Waals surface area contributed by atoms with Crippen LogP contribution in [0.5, 0.6) is 5.75 Å². The number of benzene rings is 3. The highest BCUT2D eigenvalue weighted by Gasteiger charge is 2.18. The van der Waals surface area contributed by atoms with Crippen LogP contribution in [0.15, 0.2) is 88.4 Å². The lowest BCUT2D eigenvalue weighted by Crippen LogP contribution is -1.95. The van der Waals surface area contributed by atoms with Crippen molar-refractivity contribution in [3.8, 4) is 16.3 Å². The molecule has 0 saturated heterocycles. The fourth-order valence-electron chi connectivity index (χ4n) is 2.70. The van der Waals surface area contributed by atoms with Crippen LogP contribution < -0.4 is 10.1 Å². The van der Waals surface area contributed by atoms with Crippen molar-refractivity contribution in [2.45, 2.75) is 5.03 Å². The summed E-state index contributed by atoms with van der Waals surface area (Å²) in [6.45, 7) is 0. The zero-order valence-electron chi connectivity index (χ0n) is 16.0. The number of thioether (sulfide) groups is 1. The van der Waals surface area contributed by atoms with Gasteiger partial charge in [-0.05, 0) is 72.4 Å². The molecule has 7 heteroatoms. The van der Waals surface area contributed by atoms with Crippen molar-refractivity contribution in [2.75, 3.05) is 12.4 Å². The summed E-state index contributed by atoms with van der Waals surface area (Å²) in [7, 11) is 1.64. The molecule has 4 nitrogen and oxygen atoms in total. The number of thiazole rings is 1. The number of carbonyl (C=O) groups excluding carboxylic acids is 1. The van der Waals surface area contributed by atoms with Crippen LogP contribution in [-0.2, 0) is 0 Å². The minimum Gasteiger partial charge on any atom is -0.497 e. The Labute approximate surface area is 191 Å². The number of rotatable bonds is 6. The topological polar surface area (TPSA) is 51.2 Å². The first-order chi connectivity index (χ1) is 14.6. The van der Waals surface area contributed by atoms with Gasteiger partial charge in [0, 0.05) is 21.3 Å². The Morgan fingerprint density at radius 2 is 1.70 bits per heavy atom. The number of methoxy groups -OCH3 is 1. The zero-order valence-corrected chi connectivity index (χ0v) is 19.2. The summed E-state index contributed by atoms with van der Waals surface area (Å²) in [4.78, 5) is 17.6. The minimum absolute atomic E-state index is 0.0507. The van der Waals surface area contributed by atoms with Gasteiger partial charge in [-0.1, -0.05) is 45.5 Å². The number of anilines is 2. The average molecular weight is 497 g/mol. The molecule has 4 rings (SSSR count). The fraction of sp³-hybridized carbons (Fsp3) is 0.0435. The molecule has 150 valence electrons. The first-order valence-electron chi connectivity index (χ1n) is 9.07. The first kappa shape index (κ1) is 20.7. The predicted molar refractivity (Wildman–Crippen MR) is 128 cm³/mol. The van der Waals surface area contributed by atoms with Crippen LogP contribution in [0.2, 0.25) is 0 Å². The molecule has 0 aliphatic carbocycles. The standard InChI is InChI=1S/C23H17BrN2O2S2/c1-28-19-13-9-15(10-14-19)20-26-22(21(29-20)25-18-5-3-2-4-6-18)30-23(27)16-7-11-17(24)12-8-16/h2-14,25H,1H3. The van der Waals surface area contributed by atoms with E-state index in [2.05, 4.69) is 21.2 Å². The Morgan fingerprint density at radius 1 is 1.00 bits per heavy atom. The van der Waals surface area contributed by atoms with Gasteiger partial charge < -0.3 is 10.1 Å². The molecule has 0 fully saturated rings. The van der Waals surface area contributed by atoms with Gasteiger partial charge in [0.15, 0.2) is 0 Å². The number of carbonyl (C=O) groups is 1. The molecular weight excluding hydrogens is 480 g/mol. The molecular formula is C23H17BrN2O2S2. The Bertz CT molecular complexity index is 1140. The number of hydrogen-bond donors (Lipinski definition) is 1. The number of halogens is 1. The molecule has 0 aliphatic rings. The van der Waals surface area contributed by atoms with E-state index in [0.717, 1.165) is 43.2 Å². The van der Waals surface area contributed by atoms with Crippen LogP contribution >= 0.6 is 39.0 Å². The van der Waals surface area contributed by atoms with Crippen LogP contribution in [0.1, 0.15) is 10.4 Å². The maximum absolute atomic E-state index is 12.8. The van der Waals surface area contributed by atoms with Crippen molar-refractivity contribution in [2.24, 2.45) is 0 Å². The van der Waals surface area contributed by atoms with Crippen molar-refractivity contribution < 1.29 is 9.53 Å². The average Bonchev–Trinajstić information content (AvgIpc) is 3.17. The van der Waals surface area contributed by atoms with Gasteiger partial charge in [-0.15, -0.1) is 0 Å². The maximum Gasteiger partial charge on any atom is 0.225 e. The molecule has 1 N–H and O–H groups in total. The van der Waals surface area contributed by atoms with E-state index >= 15 is 0 Å². The Balaban J connectivity index is 1.66. The van der Waals surface area contributed by atoms with Crippen LogP contribution in [0.25, 0.3) is 10.6 Å². The third-order valence-electron chi connectivity index (χ3n) is 4.23. The summed E-state index contributed by atoms with van der Waals surface area (Å²) in [6.07, 6.45) is 0. The Hall–Kier alpha value is -2.61. The van der Waals surface area contributed by atoms with Gasteiger partial charge in [0.05, 0.1) is 7.11 Å². The summed E-state index contributed by atoms with van der Waals surface area (Å²) in [5, 5.41) is 5.68. The molecule has 0 bridgehead atoms. The van der Waals surface area contributed by atoms with Crippen molar-refractivity contribution in [1.82, 2.24) is 4.98 Å². The molecule has 0 saturated carbocycles. The molecule has 1 aromatic heterocycles. The van der Waals surface area contributed by atoms with Crippen molar-refractivity contribution in [3.05, 3.63) is 88.9 Å².